The van der Waals surface area contributed by atoms with Crippen LogP contribution in [0.1, 0.15) is 42.8 Å². The molecular weight excluding hydrogens is 320 g/mol. The summed E-state index contributed by atoms with van der Waals surface area (Å²) >= 11 is 5.63. The van der Waals surface area contributed by atoms with Crippen molar-refractivity contribution in [3.05, 3.63) is 16.1 Å². The minimum Gasteiger partial charge on any atom is -0.344 e. The van der Waals surface area contributed by atoms with Crippen LogP contribution in [0.3, 0.4) is 0 Å². The lowest BCUT2D eigenvalue weighted by atomic mass is 9.98. The molecule has 1 N–H and O–H groups in total. The monoisotopic (exact) mass is 342 g/mol. The predicted molar refractivity (Wildman–Crippen MR) is 93.3 cm³/mol. The molecule has 1 aliphatic heterocycles. The highest BCUT2D eigenvalue weighted by Crippen LogP contribution is 2.40. The summed E-state index contributed by atoms with van der Waals surface area (Å²) in [5.74, 6) is 3.73. The number of hydrogen-bond donors (Lipinski definition) is 1. The SMILES string of the molecule is Cc1csc(C2(NC(=O)CC3CSCCS3)CCCC2)n1. The molecular formula is C15H22N2OS3. The van der Waals surface area contributed by atoms with Gasteiger partial charge in [-0.1, -0.05) is 12.8 Å². The third kappa shape index (κ3) is 3.77. The van der Waals surface area contributed by atoms with E-state index < -0.39 is 0 Å². The maximum Gasteiger partial charge on any atom is 0.221 e. The van der Waals surface area contributed by atoms with E-state index in [-0.39, 0.29) is 11.4 Å². The quantitative estimate of drug-likeness (QED) is 0.908. The molecule has 0 radical (unpaired) electrons. The molecule has 1 aromatic heterocycles. The maximum atomic E-state index is 12.5. The Morgan fingerprint density at radius 3 is 2.86 bits per heavy atom. The number of rotatable bonds is 4. The zero-order valence-electron chi connectivity index (χ0n) is 12.4. The molecule has 3 nitrogen and oxygen atoms in total. The number of carbonyl (C=O) groups excluding carboxylic acids is 1. The Morgan fingerprint density at radius 1 is 1.43 bits per heavy atom. The molecule has 1 aromatic rings. The van der Waals surface area contributed by atoms with E-state index in [1.807, 2.05) is 30.4 Å². The van der Waals surface area contributed by atoms with Gasteiger partial charge in [-0.25, -0.2) is 4.98 Å². The molecule has 116 valence electrons. The molecule has 0 spiro atoms. The van der Waals surface area contributed by atoms with E-state index in [1.54, 1.807) is 11.3 Å². The summed E-state index contributed by atoms with van der Waals surface area (Å²) in [6, 6.07) is 0. The Bertz CT molecular complexity index is 491. The van der Waals surface area contributed by atoms with Gasteiger partial charge < -0.3 is 5.32 Å². The van der Waals surface area contributed by atoms with Crippen molar-refractivity contribution in [1.29, 1.82) is 0 Å². The van der Waals surface area contributed by atoms with Gasteiger partial charge in [0.15, 0.2) is 0 Å². The standard InChI is InChI=1S/C15H22N2OS3/c1-11-9-21-14(16-11)15(4-2-3-5-15)17-13(18)8-12-10-19-6-7-20-12/h9,12H,2-8,10H2,1H3,(H,17,18). The summed E-state index contributed by atoms with van der Waals surface area (Å²) in [7, 11) is 0. The summed E-state index contributed by atoms with van der Waals surface area (Å²) in [5.41, 5.74) is 0.887. The van der Waals surface area contributed by atoms with Gasteiger partial charge in [-0.2, -0.15) is 23.5 Å². The second kappa shape index (κ2) is 6.92. The molecule has 2 fully saturated rings. The van der Waals surface area contributed by atoms with Gasteiger partial charge in [0.2, 0.25) is 5.91 Å². The second-order valence-corrected chi connectivity index (χ2v) is 9.32. The Balaban J connectivity index is 1.66. The van der Waals surface area contributed by atoms with Crippen molar-refractivity contribution in [3.8, 4) is 0 Å². The summed E-state index contributed by atoms with van der Waals surface area (Å²) in [5, 5.41) is 7.04. The van der Waals surface area contributed by atoms with Crippen molar-refractivity contribution in [3.63, 3.8) is 0 Å². The molecule has 0 aromatic carbocycles. The molecule has 1 atom stereocenters. The van der Waals surface area contributed by atoms with Gasteiger partial charge in [0, 0.05) is 40.0 Å². The Labute approximate surface area is 139 Å². The van der Waals surface area contributed by atoms with Crippen molar-refractivity contribution in [1.82, 2.24) is 10.3 Å². The average Bonchev–Trinajstić information content (AvgIpc) is 3.10. The summed E-state index contributed by atoms with van der Waals surface area (Å²) in [6.45, 7) is 2.03. The highest BCUT2D eigenvalue weighted by atomic mass is 32.2. The predicted octanol–water partition coefficient (Wildman–Crippen LogP) is 3.58. The summed E-state index contributed by atoms with van der Waals surface area (Å²) in [6.07, 6.45) is 5.11. The van der Waals surface area contributed by atoms with Gasteiger partial charge in [0.1, 0.15) is 5.01 Å². The van der Waals surface area contributed by atoms with Gasteiger partial charge in [0.05, 0.1) is 5.54 Å². The minimum absolute atomic E-state index is 0.178. The van der Waals surface area contributed by atoms with Gasteiger partial charge in [-0.15, -0.1) is 11.3 Å². The first kappa shape index (κ1) is 15.7. The Morgan fingerprint density at radius 2 is 2.24 bits per heavy atom. The fourth-order valence-corrected chi connectivity index (χ4v) is 6.82. The summed E-state index contributed by atoms with van der Waals surface area (Å²) < 4.78 is 0. The van der Waals surface area contributed by atoms with Gasteiger partial charge in [-0.05, 0) is 19.8 Å². The number of nitrogens with one attached hydrogen (secondary N) is 1. The van der Waals surface area contributed by atoms with Gasteiger partial charge in [-0.3, -0.25) is 4.79 Å². The van der Waals surface area contributed by atoms with E-state index in [0.29, 0.717) is 11.7 Å². The van der Waals surface area contributed by atoms with Crippen LogP contribution in [-0.2, 0) is 10.3 Å². The normalized spacial score (nSPS) is 24.9. The zero-order chi connectivity index (χ0) is 14.7. The Kier molecular flexibility index (Phi) is 5.17. The highest BCUT2D eigenvalue weighted by Gasteiger charge is 2.39. The van der Waals surface area contributed by atoms with E-state index >= 15 is 0 Å². The van der Waals surface area contributed by atoms with Crippen LogP contribution in [0.15, 0.2) is 5.38 Å². The summed E-state index contributed by atoms with van der Waals surface area (Å²) in [4.78, 5) is 17.2. The molecule has 21 heavy (non-hydrogen) atoms. The number of carbonyl (C=O) groups is 1. The molecule has 3 rings (SSSR count). The molecule has 1 unspecified atom stereocenters. The molecule has 1 saturated carbocycles. The molecule has 6 heteroatoms. The van der Waals surface area contributed by atoms with E-state index in [4.69, 9.17) is 0 Å². The van der Waals surface area contributed by atoms with Crippen LogP contribution in [0.25, 0.3) is 0 Å². The van der Waals surface area contributed by atoms with Crippen LogP contribution in [0, 0.1) is 6.92 Å². The van der Waals surface area contributed by atoms with Crippen LogP contribution >= 0.6 is 34.9 Å². The number of thiazole rings is 1. The van der Waals surface area contributed by atoms with Crippen LogP contribution in [0.4, 0.5) is 0 Å². The maximum absolute atomic E-state index is 12.5. The lowest BCUT2D eigenvalue weighted by Gasteiger charge is -2.29. The fourth-order valence-electron chi connectivity index (χ4n) is 3.12. The van der Waals surface area contributed by atoms with Crippen LogP contribution in [-0.4, -0.2) is 33.4 Å². The first-order valence-corrected chi connectivity index (χ1v) is 10.7. The number of aryl methyl sites for hydroxylation is 1. The second-order valence-electron chi connectivity index (χ2n) is 5.90. The first-order valence-electron chi connectivity index (χ1n) is 7.61. The molecule has 2 aliphatic rings. The Hall–Kier alpha value is -0.200. The molecule has 1 aliphatic carbocycles. The van der Waals surface area contributed by atoms with Gasteiger partial charge >= 0.3 is 0 Å². The lowest BCUT2D eigenvalue weighted by molar-refractivity contribution is -0.123. The molecule has 0 bridgehead atoms. The lowest BCUT2D eigenvalue weighted by Crippen LogP contribution is -2.44. The number of thioether (sulfide) groups is 2. The largest absolute Gasteiger partial charge is 0.344 e. The van der Waals surface area contributed by atoms with Crippen molar-refractivity contribution < 1.29 is 4.79 Å². The number of nitrogens with zero attached hydrogens (tertiary/aromatic N) is 1. The third-order valence-electron chi connectivity index (χ3n) is 4.16. The van der Waals surface area contributed by atoms with Crippen LogP contribution in [0.2, 0.25) is 0 Å². The van der Waals surface area contributed by atoms with Crippen molar-refractivity contribution in [2.24, 2.45) is 0 Å². The zero-order valence-corrected chi connectivity index (χ0v) is 14.8. The van der Waals surface area contributed by atoms with Crippen LogP contribution in [0.5, 0.6) is 0 Å². The van der Waals surface area contributed by atoms with E-state index in [0.717, 1.165) is 29.3 Å². The van der Waals surface area contributed by atoms with Gasteiger partial charge in [0.25, 0.3) is 0 Å². The smallest absolute Gasteiger partial charge is 0.221 e. The number of hydrogen-bond acceptors (Lipinski definition) is 5. The molecule has 1 saturated heterocycles. The van der Waals surface area contributed by atoms with Crippen LogP contribution < -0.4 is 5.32 Å². The van der Waals surface area contributed by atoms with E-state index in [1.165, 1.54) is 24.3 Å². The molecule has 1 amide bonds. The first-order chi connectivity index (χ1) is 10.2. The van der Waals surface area contributed by atoms with E-state index in [9.17, 15) is 4.79 Å². The van der Waals surface area contributed by atoms with E-state index in [2.05, 4.69) is 15.7 Å². The average molecular weight is 343 g/mol. The molecule has 2 heterocycles. The van der Waals surface area contributed by atoms with Crippen molar-refractivity contribution in [2.45, 2.75) is 49.8 Å². The fraction of sp³-hybridized carbons (Fsp3) is 0.733. The number of aromatic nitrogens is 1. The third-order valence-corrected chi connectivity index (χ3v) is 8.17. The minimum atomic E-state index is -0.178. The van der Waals surface area contributed by atoms with Crippen molar-refractivity contribution in [2.75, 3.05) is 17.3 Å². The van der Waals surface area contributed by atoms with Crippen molar-refractivity contribution >= 4 is 40.8 Å². The number of amides is 1. The highest BCUT2D eigenvalue weighted by molar-refractivity contribution is 8.06. The topological polar surface area (TPSA) is 42.0 Å².